The highest BCUT2D eigenvalue weighted by molar-refractivity contribution is 9.10. The van der Waals surface area contributed by atoms with Gasteiger partial charge >= 0.3 is 0 Å². The number of methoxy groups -OCH3 is 1. The van der Waals surface area contributed by atoms with Gasteiger partial charge in [-0.05, 0) is 53.0 Å². The zero-order valence-electron chi connectivity index (χ0n) is 11.2. The molecule has 1 heterocycles. The van der Waals surface area contributed by atoms with Crippen molar-refractivity contribution in [3.8, 4) is 0 Å². The number of halogens is 1. The Bertz CT molecular complexity index is 524. The van der Waals surface area contributed by atoms with Crippen LogP contribution >= 0.6 is 15.9 Å². The summed E-state index contributed by atoms with van der Waals surface area (Å²) in [6.45, 7) is 2.80. The molecule has 2 rings (SSSR count). The van der Waals surface area contributed by atoms with Crippen molar-refractivity contribution in [2.75, 3.05) is 19.0 Å². The Morgan fingerprint density at radius 1 is 1.26 bits per heavy atom. The molecule has 0 bridgehead atoms. The molecule has 4 heteroatoms. The van der Waals surface area contributed by atoms with Crippen molar-refractivity contribution in [3.05, 3.63) is 52.4 Å². The molecule has 0 saturated carbocycles. The van der Waals surface area contributed by atoms with Gasteiger partial charge < -0.3 is 14.5 Å². The van der Waals surface area contributed by atoms with Gasteiger partial charge in [0.1, 0.15) is 5.76 Å². The van der Waals surface area contributed by atoms with Crippen LogP contribution in [0.1, 0.15) is 24.3 Å². The number of hydrogen-bond donors (Lipinski definition) is 1. The number of ether oxygens (including phenoxy) is 1. The molecule has 0 aliphatic rings. The van der Waals surface area contributed by atoms with Crippen molar-refractivity contribution in [2.24, 2.45) is 0 Å². The summed E-state index contributed by atoms with van der Waals surface area (Å²) in [5.41, 5.74) is 2.38. The van der Waals surface area contributed by atoms with Crippen LogP contribution < -0.4 is 5.32 Å². The van der Waals surface area contributed by atoms with Crippen molar-refractivity contribution < 1.29 is 9.15 Å². The maximum Gasteiger partial charge on any atom is 0.169 e. The van der Waals surface area contributed by atoms with E-state index in [1.165, 1.54) is 5.56 Å². The van der Waals surface area contributed by atoms with E-state index in [2.05, 4.69) is 40.3 Å². The summed E-state index contributed by atoms with van der Waals surface area (Å²) in [6.07, 6.45) is 0.897. The first-order valence-corrected chi connectivity index (χ1v) is 7.08. The lowest BCUT2D eigenvalue weighted by Gasteiger charge is -2.16. The zero-order chi connectivity index (χ0) is 13.7. The summed E-state index contributed by atoms with van der Waals surface area (Å²) in [6, 6.07) is 12.3. The molecular weight excluding hydrogens is 306 g/mol. The quantitative estimate of drug-likeness (QED) is 0.855. The molecule has 1 N–H and O–H groups in total. The second-order valence-corrected chi connectivity index (χ2v) is 5.19. The van der Waals surface area contributed by atoms with E-state index in [1.54, 1.807) is 7.11 Å². The van der Waals surface area contributed by atoms with Gasteiger partial charge in [-0.25, -0.2) is 0 Å². The van der Waals surface area contributed by atoms with Crippen LogP contribution in [0.2, 0.25) is 0 Å². The van der Waals surface area contributed by atoms with Crippen LogP contribution in [0.25, 0.3) is 0 Å². The lowest BCUT2D eigenvalue weighted by molar-refractivity contribution is 0.202. The summed E-state index contributed by atoms with van der Waals surface area (Å²) in [4.78, 5) is 0. The Kier molecular flexibility index (Phi) is 5.05. The Labute approximate surface area is 122 Å². The largest absolute Gasteiger partial charge is 0.452 e. The van der Waals surface area contributed by atoms with Gasteiger partial charge in [0.05, 0.1) is 12.6 Å². The van der Waals surface area contributed by atoms with Crippen LogP contribution in [0.3, 0.4) is 0 Å². The summed E-state index contributed by atoms with van der Waals surface area (Å²) in [7, 11) is 1.72. The molecule has 0 aliphatic heterocycles. The van der Waals surface area contributed by atoms with Crippen LogP contribution in [0.4, 0.5) is 5.69 Å². The van der Waals surface area contributed by atoms with Crippen LogP contribution in [-0.2, 0) is 11.2 Å². The summed E-state index contributed by atoms with van der Waals surface area (Å²) in [5.74, 6) is 0.911. The zero-order valence-corrected chi connectivity index (χ0v) is 12.7. The van der Waals surface area contributed by atoms with Gasteiger partial charge in [0.15, 0.2) is 4.67 Å². The van der Waals surface area contributed by atoms with Gasteiger partial charge in [0.2, 0.25) is 0 Å². The third-order valence-electron chi connectivity index (χ3n) is 2.99. The van der Waals surface area contributed by atoms with E-state index < -0.39 is 0 Å². The molecular formula is C15H18BrNO2. The summed E-state index contributed by atoms with van der Waals surface area (Å²) >= 11 is 3.32. The molecule has 2 aromatic rings. The van der Waals surface area contributed by atoms with Crippen LogP contribution in [0.15, 0.2) is 45.5 Å². The first-order chi connectivity index (χ1) is 9.20. The fourth-order valence-electron chi connectivity index (χ4n) is 1.96. The van der Waals surface area contributed by atoms with Crippen LogP contribution in [0.5, 0.6) is 0 Å². The molecule has 0 spiro atoms. The fourth-order valence-corrected chi connectivity index (χ4v) is 2.28. The summed E-state index contributed by atoms with van der Waals surface area (Å²) in [5, 5.41) is 3.48. The van der Waals surface area contributed by atoms with E-state index in [0.29, 0.717) is 0 Å². The highest BCUT2D eigenvalue weighted by Gasteiger charge is 2.11. The minimum atomic E-state index is 0.120. The second kappa shape index (κ2) is 6.78. The number of para-hydroxylation sites is 1. The highest BCUT2D eigenvalue weighted by Crippen LogP contribution is 2.25. The van der Waals surface area contributed by atoms with Crippen molar-refractivity contribution in [1.82, 2.24) is 0 Å². The molecule has 0 radical (unpaired) electrons. The van der Waals surface area contributed by atoms with Gasteiger partial charge in [0.25, 0.3) is 0 Å². The molecule has 1 unspecified atom stereocenters. The van der Waals surface area contributed by atoms with Gasteiger partial charge in [-0.2, -0.15) is 0 Å². The first kappa shape index (κ1) is 14.2. The molecule has 3 nitrogen and oxygen atoms in total. The van der Waals surface area contributed by atoms with Crippen molar-refractivity contribution in [2.45, 2.75) is 19.4 Å². The average molecular weight is 324 g/mol. The van der Waals surface area contributed by atoms with Crippen molar-refractivity contribution in [3.63, 3.8) is 0 Å². The molecule has 0 saturated heterocycles. The molecule has 1 aromatic carbocycles. The Morgan fingerprint density at radius 3 is 2.74 bits per heavy atom. The first-order valence-electron chi connectivity index (χ1n) is 6.29. The number of furan rings is 1. The molecule has 0 amide bonds. The molecule has 102 valence electrons. The second-order valence-electron chi connectivity index (χ2n) is 4.41. The number of hydrogen-bond acceptors (Lipinski definition) is 3. The highest BCUT2D eigenvalue weighted by atomic mass is 79.9. The predicted molar refractivity (Wildman–Crippen MR) is 80.5 cm³/mol. The van der Waals surface area contributed by atoms with E-state index in [1.807, 2.05) is 24.3 Å². The smallest absolute Gasteiger partial charge is 0.169 e. The average Bonchev–Trinajstić information content (AvgIpc) is 2.84. The lowest BCUT2D eigenvalue weighted by Crippen LogP contribution is -2.08. The van der Waals surface area contributed by atoms with E-state index in [0.717, 1.165) is 29.1 Å². The van der Waals surface area contributed by atoms with Crippen LogP contribution in [0, 0.1) is 0 Å². The van der Waals surface area contributed by atoms with E-state index >= 15 is 0 Å². The van der Waals surface area contributed by atoms with E-state index in [9.17, 15) is 0 Å². The standard InChI is InChI=1S/C15H18BrNO2/c1-11(14-7-8-15(16)19-14)17-13-6-4-3-5-12(13)9-10-18-2/h3-8,11,17H,9-10H2,1-2H3. The number of anilines is 1. The molecule has 1 aromatic heterocycles. The minimum absolute atomic E-state index is 0.120. The molecule has 1 atom stereocenters. The van der Waals surface area contributed by atoms with E-state index in [-0.39, 0.29) is 6.04 Å². The molecule has 0 fully saturated rings. The van der Waals surface area contributed by atoms with Gasteiger partial charge in [-0.1, -0.05) is 18.2 Å². The molecule has 19 heavy (non-hydrogen) atoms. The van der Waals surface area contributed by atoms with Crippen molar-refractivity contribution in [1.29, 1.82) is 0 Å². The minimum Gasteiger partial charge on any atom is -0.452 e. The Hall–Kier alpha value is -1.26. The van der Waals surface area contributed by atoms with E-state index in [4.69, 9.17) is 9.15 Å². The topological polar surface area (TPSA) is 34.4 Å². The Morgan fingerprint density at radius 2 is 2.05 bits per heavy atom. The van der Waals surface area contributed by atoms with Gasteiger partial charge in [-0.15, -0.1) is 0 Å². The summed E-state index contributed by atoms with van der Waals surface area (Å²) < 4.78 is 11.5. The van der Waals surface area contributed by atoms with Gasteiger partial charge in [-0.3, -0.25) is 0 Å². The lowest BCUT2D eigenvalue weighted by atomic mass is 10.1. The molecule has 0 aliphatic carbocycles. The number of nitrogens with one attached hydrogen (secondary N) is 1. The number of rotatable bonds is 6. The van der Waals surface area contributed by atoms with Gasteiger partial charge in [0, 0.05) is 12.8 Å². The number of benzene rings is 1. The third kappa shape index (κ3) is 3.85. The van der Waals surface area contributed by atoms with Crippen LogP contribution in [-0.4, -0.2) is 13.7 Å². The third-order valence-corrected chi connectivity index (χ3v) is 3.41. The maximum atomic E-state index is 5.57. The fraction of sp³-hybridized carbons (Fsp3) is 0.333. The normalized spacial score (nSPS) is 12.4. The predicted octanol–water partition coefficient (Wildman–Crippen LogP) is 4.40. The maximum absolute atomic E-state index is 5.57. The Balaban J connectivity index is 2.09. The SMILES string of the molecule is COCCc1ccccc1NC(C)c1ccc(Br)o1. The monoisotopic (exact) mass is 323 g/mol. The van der Waals surface area contributed by atoms with Crippen molar-refractivity contribution >= 4 is 21.6 Å².